The van der Waals surface area contributed by atoms with E-state index in [4.69, 9.17) is 0 Å². The summed E-state index contributed by atoms with van der Waals surface area (Å²) < 4.78 is 26.5. The minimum absolute atomic E-state index is 0.0878. The maximum atomic E-state index is 13.5. The predicted octanol–water partition coefficient (Wildman–Crippen LogP) is 3.94. The predicted molar refractivity (Wildman–Crippen MR) is 142 cm³/mol. The van der Waals surface area contributed by atoms with Crippen LogP contribution in [0.4, 0.5) is 5.69 Å². The van der Waals surface area contributed by atoms with Crippen molar-refractivity contribution in [3.8, 4) is 0 Å². The highest BCUT2D eigenvalue weighted by atomic mass is 32.2. The molecule has 1 atom stereocenters. The maximum absolute atomic E-state index is 13.5. The van der Waals surface area contributed by atoms with Gasteiger partial charge in [-0.15, -0.1) is 0 Å². The summed E-state index contributed by atoms with van der Waals surface area (Å²) >= 11 is 0. The molecule has 1 N–H and O–H groups in total. The first-order valence-electron chi connectivity index (χ1n) is 11.9. The van der Waals surface area contributed by atoms with Gasteiger partial charge < -0.3 is 10.2 Å². The number of nitrogens with zero attached hydrogens (tertiary/aromatic N) is 2. The molecule has 0 aliphatic carbocycles. The molecule has 2 aromatic carbocycles. The Bertz CT molecular complexity index is 1090. The van der Waals surface area contributed by atoms with E-state index in [0.717, 1.165) is 21.7 Å². The molecule has 0 saturated carbocycles. The van der Waals surface area contributed by atoms with Crippen molar-refractivity contribution in [3.63, 3.8) is 0 Å². The molecular weight excluding hydrogens is 462 g/mol. The van der Waals surface area contributed by atoms with Crippen LogP contribution in [0.3, 0.4) is 0 Å². The zero-order chi connectivity index (χ0) is 26.4. The van der Waals surface area contributed by atoms with Gasteiger partial charge in [-0.3, -0.25) is 13.9 Å². The molecule has 0 spiro atoms. The fourth-order valence-electron chi connectivity index (χ4n) is 3.56. The Hall–Kier alpha value is -2.87. The molecule has 0 unspecified atom stereocenters. The van der Waals surface area contributed by atoms with E-state index in [2.05, 4.69) is 26.1 Å². The van der Waals surface area contributed by atoms with Crippen LogP contribution in [0.15, 0.2) is 54.6 Å². The first-order valence-corrected chi connectivity index (χ1v) is 13.7. The first kappa shape index (κ1) is 28.4. The molecule has 2 amide bonds. The molecule has 2 rings (SSSR count). The lowest BCUT2D eigenvalue weighted by atomic mass is 9.87. The van der Waals surface area contributed by atoms with Gasteiger partial charge in [-0.05, 0) is 41.5 Å². The highest BCUT2D eigenvalue weighted by molar-refractivity contribution is 7.92. The SMILES string of the molecule is CC(C)CNC(=O)[C@H](C)N(Cc1ccccc1)C(=O)CN(c1ccc(C(C)(C)C)cc1)S(C)(=O)=O. The fraction of sp³-hybridized carbons (Fsp3) is 0.481. The lowest BCUT2D eigenvalue weighted by Gasteiger charge is -2.31. The fourth-order valence-corrected chi connectivity index (χ4v) is 4.41. The van der Waals surface area contributed by atoms with Crippen molar-refractivity contribution in [2.45, 2.75) is 59.5 Å². The third-order valence-corrected chi connectivity index (χ3v) is 6.89. The van der Waals surface area contributed by atoms with Gasteiger partial charge in [0, 0.05) is 13.1 Å². The molecule has 192 valence electrons. The third-order valence-electron chi connectivity index (χ3n) is 5.75. The van der Waals surface area contributed by atoms with Crippen molar-refractivity contribution >= 4 is 27.5 Å². The molecule has 0 radical (unpaired) electrons. The summed E-state index contributed by atoms with van der Waals surface area (Å²) in [5.41, 5.74) is 2.23. The van der Waals surface area contributed by atoms with Gasteiger partial charge in [0.2, 0.25) is 21.8 Å². The zero-order valence-corrected chi connectivity index (χ0v) is 22.7. The van der Waals surface area contributed by atoms with Gasteiger partial charge in [0.15, 0.2) is 0 Å². The zero-order valence-electron chi connectivity index (χ0n) is 21.9. The Balaban J connectivity index is 2.35. The molecule has 0 fully saturated rings. The van der Waals surface area contributed by atoms with Gasteiger partial charge in [0.1, 0.15) is 12.6 Å². The Morgan fingerprint density at radius 3 is 2.00 bits per heavy atom. The maximum Gasteiger partial charge on any atom is 0.244 e. The van der Waals surface area contributed by atoms with Crippen LogP contribution in [0.1, 0.15) is 52.7 Å². The molecule has 0 aromatic heterocycles. The normalized spacial score (nSPS) is 12.8. The van der Waals surface area contributed by atoms with Gasteiger partial charge in [-0.2, -0.15) is 0 Å². The van der Waals surface area contributed by atoms with Crippen LogP contribution in [0, 0.1) is 5.92 Å². The molecule has 2 aromatic rings. The molecule has 8 heteroatoms. The average Bonchev–Trinajstić information content (AvgIpc) is 2.78. The van der Waals surface area contributed by atoms with Crippen LogP contribution in [0.5, 0.6) is 0 Å². The number of anilines is 1. The van der Waals surface area contributed by atoms with E-state index in [9.17, 15) is 18.0 Å². The van der Waals surface area contributed by atoms with Gasteiger partial charge in [0.05, 0.1) is 11.9 Å². The standard InChI is InChI=1S/C27H39N3O4S/c1-20(2)17-28-26(32)21(3)29(18-22-11-9-8-10-12-22)25(31)19-30(35(7,33)34)24-15-13-23(14-16-24)27(4,5)6/h8-16,20-21H,17-19H2,1-7H3,(H,28,32)/t21-/m0/s1. The minimum atomic E-state index is -3.75. The van der Waals surface area contributed by atoms with Crippen LogP contribution in [0.2, 0.25) is 0 Å². The monoisotopic (exact) mass is 501 g/mol. The Morgan fingerprint density at radius 1 is 0.943 bits per heavy atom. The summed E-state index contributed by atoms with van der Waals surface area (Å²) in [6.45, 7) is 12.2. The first-order chi connectivity index (χ1) is 16.2. The lowest BCUT2D eigenvalue weighted by Crippen LogP contribution is -2.51. The molecule has 0 bridgehead atoms. The summed E-state index contributed by atoms with van der Waals surface area (Å²) in [6, 6.07) is 15.8. The topological polar surface area (TPSA) is 86.8 Å². The van der Waals surface area contributed by atoms with Crippen LogP contribution in [-0.2, 0) is 31.6 Å². The lowest BCUT2D eigenvalue weighted by molar-refractivity contribution is -0.139. The Morgan fingerprint density at radius 2 is 1.51 bits per heavy atom. The summed E-state index contributed by atoms with van der Waals surface area (Å²) in [5.74, 6) is -0.462. The summed E-state index contributed by atoms with van der Waals surface area (Å²) in [4.78, 5) is 27.8. The van der Waals surface area contributed by atoms with Gasteiger partial charge in [-0.25, -0.2) is 8.42 Å². The molecule has 0 saturated heterocycles. The van der Waals surface area contributed by atoms with E-state index in [0.29, 0.717) is 12.2 Å². The summed E-state index contributed by atoms with van der Waals surface area (Å²) in [7, 11) is -3.75. The molecule has 0 aliphatic heterocycles. The molecule has 0 aliphatic rings. The van der Waals surface area contributed by atoms with E-state index < -0.39 is 28.5 Å². The van der Waals surface area contributed by atoms with Crippen LogP contribution in [-0.4, -0.2) is 50.5 Å². The second kappa shape index (κ2) is 11.7. The summed E-state index contributed by atoms with van der Waals surface area (Å²) in [5, 5.41) is 2.87. The van der Waals surface area contributed by atoms with Gasteiger partial charge in [-0.1, -0.05) is 77.1 Å². The highest BCUT2D eigenvalue weighted by Crippen LogP contribution is 2.26. The second-order valence-corrected chi connectivity index (χ2v) is 12.3. The number of benzene rings is 2. The molecule has 0 heterocycles. The summed E-state index contributed by atoms with van der Waals surface area (Å²) in [6.07, 6.45) is 1.08. The molecule has 7 nitrogen and oxygen atoms in total. The second-order valence-electron chi connectivity index (χ2n) is 10.4. The number of carbonyl (C=O) groups excluding carboxylic acids is 2. The number of amides is 2. The van der Waals surface area contributed by atoms with Crippen LogP contribution in [0.25, 0.3) is 0 Å². The van der Waals surface area contributed by atoms with E-state index in [1.165, 1.54) is 4.90 Å². The number of sulfonamides is 1. The Labute approximate surface area is 210 Å². The largest absolute Gasteiger partial charge is 0.354 e. The van der Waals surface area contributed by atoms with Crippen LogP contribution >= 0.6 is 0 Å². The van der Waals surface area contributed by atoms with Crippen molar-refractivity contribution in [2.24, 2.45) is 5.92 Å². The van der Waals surface area contributed by atoms with Crippen molar-refractivity contribution in [3.05, 3.63) is 65.7 Å². The number of rotatable bonds is 10. The van der Waals surface area contributed by atoms with Crippen molar-refractivity contribution in [1.29, 1.82) is 0 Å². The average molecular weight is 502 g/mol. The number of nitrogens with one attached hydrogen (secondary N) is 1. The van der Waals surface area contributed by atoms with E-state index in [1.54, 1.807) is 19.1 Å². The van der Waals surface area contributed by atoms with Crippen molar-refractivity contribution in [2.75, 3.05) is 23.7 Å². The number of carbonyl (C=O) groups is 2. The van der Waals surface area contributed by atoms with Crippen LogP contribution < -0.4 is 9.62 Å². The molecule has 35 heavy (non-hydrogen) atoms. The van der Waals surface area contributed by atoms with E-state index >= 15 is 0 Å². The Kier molecular flexibility index (Phi) is 9.49. The highest BCUT2D eigenvalue weighted by Gasteiger charge is 2.30. The van der Waals surface area contributed by atoms with E-state index in [1.807, 2.05) is 56.3 Å². The van der Waals surface area contributed by atoms with E-state index in [-0.39, 0.29) is 23.8 Å². The van der Waals surface area contributed by atoms with Crippen molar-refractivity contribution < 1.29 is 18.0 Å². The quantitative estimate of drug-likeness (QED) is 0.534. The number of hydrogen-bond donors (Lipinski definition) is 1. The van der Waals surface area contributed by atoms with Crippen molar-refractivity contribution in [1.82, 2.24) is 10.2 Å². The van der Waals surface area contributed by atoms with Gasteiger partial charge >= 0.3 is 0 Å². The minimum Gasteiger partial charge on any atom is -0.354 e. The molecular formula is C27H39N3O4S. The smallest absolute Gasteiger partial charge is 0.244 e. The number of hydrogen-bond acceptors (Lipinski definition) is 4. The van der Waals surface area contributed by atoms with Gasteiger partial charge in [0.25, 0.3) is 0 Å². The third kappa shape index (κ3) is 8.38.